The van der Waals surface area contributed by atoms with Gasteiger partial charge in [0.1, 0.15) is 17.5 Å². The van der Waals surface area contributed by atoms with E-state index in [-0.39, 0.29) is 29.5 Å². The van der Waals surface area contributed by atoms with E-state index in [1.165, 1.54) is 45.6 Å². The fourth-order valence-corrected chi connectivity index (χ4v) is 3.02. The van der Waals surface area contributed by atoms with Gasteiger partial charge in [0.25, 0.3) is 5.91 Å². The van der Waals surface area contributed by atoms with Crippen molar-refractivity contribution in [3.63, 3.8) is 0 Å². The predicted octanol–water partition coefficient (Wildman–Crippen LogP) is 3.38. The van der Waals surface area contributed by atoms with Gasteiger partial charge in [-0.15, -0.1) is 0 Å². The zero-order valence-electron chi connectivity index (χ0n) is 19.1. The number of carbonyl (C=O) groups excluding carboxylic acids is 2. The van der Waals surface area contributed by atoms with Crippen LogP contribution in [0.3, 0.4) is 0 Å². The fourth-order valence-electron chi connectivity index (χ4n) is 3.02. The van der Waals surface area contributed by atoms with Gasteiger partial charge in [-0.3, -0.25) is 9.59 Å². The Kier molecular flexibility index (Phi) is 9.26. The van der Waals surface area contributed by atoms with Crippen LogP contribution in [0.1, 0.15) is 29.8 Å². The number of halogens is 2. The molecule has 0 saturated carbocycles. The smallest absolute Gasteiger partial charge is 0.387 e. The number of alkyl halides is 2. The number of hydrogen-bond donors (Lipinski definition) is 2. The Hall–Kier alpha value is -3.56. The molecule has 8 nitrogen and oxygen atoms in total. The van der Waals surface area contributed by atoms with Gasteiger partial charge in [0.15, 0.2) is 11.5 Å². The quantitative estimate of drug-likeness (QED) is 0.527. The Labute approximate surface area is 191 Å². The van der Waals surface area contributed by atoms with Gasteiger partial charge in [0, 0.05) is 18.2 Å². The highest BCUT2D eigenvalue weighted by Gasteiger charge is 2.25. The van der Waals surface area contributed by atoms with Crippen LogP contribution >= 0.6 is 0 Å². The van der Waals surface area contributed by atoms with Gasteiger partial charge in [-0.2, -0.15) is 8.78 Å². The summed E-state index contributed by atoms with van der Waals surface area (Å²) in [7, 11) is 4.28. The molecule has 0 heterocycles. The van der Waals surface area contributed by atoms with Crippen molar-refractivity contribution in [3.05, 3.63) is 47.5 Å². The lowest BCUT2D eigenvalue weighted by Crippen LogP contribution is -2.49. The minimum Gasteiger partial charge on any atom is -0.497 e. The molecule has 2 rings (SSSR count). The topological polar surface area (TPSA) is 95.1 Å². The van der Waals surface area contributed by atoms with Crippen LogP contribution in [0.2, 0.25) is 0 Å². The van der Waals surface area contributed by atoms with E-state index >= 15 is 0 Å². The van der Waals surface area contributed by atoms with E-state index in [0.717, 1.165) is 0 Å². The summed E-state index contributed by atoms with van der Waals surface area (Å²) in [6.07, 6.45) is 0. The van der Waals surface area contributed by atoms with Crippen molar-refractivity contribution in [2.45, 2.75) is 33.0 Å². The van der Waals surface area contributed by atoms with E-state index in [9.17, 15) is 18.4 Å². The Morgan fingerprint density at radius 1 is 0.909 bits per heavy atom. The van der Waals surface area contributed by atoms with E-state index in [0.29, 0.717) is 17.1 Å². The Morgan fingerprint density at radius 2 is 1.55 bits per heavy atom. The van der Waals surface area contributed by atoms with E-state index in [4.69, 9.17) is 14.2 Å². The highest BCUT2D eigenvalue weighted by atomic mass is 19.3. The summed E-state index contributed by atoms with van der Waals surface area (Å²) >= 11 is 0. The highest BCUT2D eigenvalue weighted by molar-refractivity contribution is 5.98. The first-order valence-electron chi connectivity index (χ1n) is 10.1. The molecule has 1 unspecified atom stereocenters. The molecule has 0 fully saturated rings. The largest absolute Gasteiger partial charge is 0.497 e. The molecule has 2 N–H and O–H groups in total. The van der Waals surface area contributed by atoms with Crippen molar-refractivity contribution in [1.29, 1.82) is 0 Å². The van der Waals surface area contributed by atoms with Gasteiger partial charge >= 0.3 is 6.61 Å². The first-order valence-corrected chi connectivity index (χ1v) is 10.1. The van der Waals surface area contributed by atoms with Crippen LogP contribution in [-0.2, 0) is 11.3 Å². The second-order valence-corrected chi connectivity index (χ2v) is 7.38. The summed E-state index contributed by atoms with van der Waals surface area (Å²) < 4.78 is 45.1. The van der Waals surface area contributed by atoms with Crippen molar-refractivity contribution in [2.24, 2.45) is 5.92 Å². The summed E-state index contributed by atoms with van der Waals surface area (Å²) in [5.41, 5.74) is 0.791. The van der Waals surface area contributed by atoms with Crippen molar-refractivity contribution in [2.75, 3.05) is 21.3 Å². The summed E-state index contributed by atoms with van der Waals surface area (Å²) in [4.78, 5) is 25.6. The SMILES string of the molecule is COc1cc(OC)cc(C(=O)NC(C(=O)NCc2ccc(OC)c(OC(F)F)c2)C(C)C)c1. The van der Waals surface area contributed by atoms with Crippen molar-refractivity contribution in [3.8, 4) is 23.0 Å². The molecule has 0 aliphatic rings. The maximum absolute atomic E-state index is 12.8. The molecule has 0 aliphatic heterocycles. The summed E-state index contributed by atoms with van der Waals surface area (Å²) in [6.45, 7) is 0.603. The molecule has 33 heavy (non-hydrogen) atoms. The third-order valence-corrected chi connectivity index (χ3v) is 4.76. The number of nitrogens with one attached hydrogen (secondary N) is 2. The lowest BCUT2D eigenvalue weighted by atomic mass is 10.0. The van der Waals surface area contributed by atoms with Crippen LogP contribution in [0.4, 0.5) is 8.78 Å². The molecule has 2 aromatic carbocycles. The summed E-state index contributed by atoms with van der Waals surface area (Å²) in [6, 6.07) is 8.30. The normalized spacial score (nSPS) is 11.7. The first-order chi connectivity index (χ1) is 15.7. The van der Waals surface area contributed by atoms with Gasteiger partial charge < -0.3 is 29.6 Å². The number of ether oxygens (including phenoxy) is 4. The van der Waals surface area contributed by atoms with Crippen LogP contribution in [0.15, 0.2) is 36.4 Å². The Morgan fingerprint density at radius 3 is 2.06 bits per heavy atom. The molecule has 2 amide bonds. The maximum atomic E-state index is 12.8. The lowest BCUT2D eigenvalue weighted by Gasteiger charge is -2.22. The van der Waals surface area contributed by atoms with E-state index in [2.05, 4.69) is 15.4 Å². The Bertz CT molecular complexity index is 946. The molecule has 0 saturated heterocycles. The number of rotatable bonds is 11. The van der Waals surface area contributed by atoms with E-state index in [1.54, 1.807) is 26.0 Å². The number of methoxy groups -OCH3 is 3. The summed E-state index contributed by atoms with van der Waals surface area (Å²) in [5.74, 6) is -0.252. The third-order valence-electron chi connectivity index (χ3n) is 4.76. The molecule has 10 heteroatoms. The van der Waals surface area contributed by atoms with E-state index in [1.807, 2.05) is 0 Å². The monoisotopic (exact) mass is 466 g/mol. The minimum atomic E-state index is -3.01. The summed E-state index contributed by atoms with van der Waals surface area (Å²) in [5, 5.41) is 5.43. The standard InChI is InChI=1S/C23H28F2N2O6/c1-13(2)20(27-21(28)15-9-16(30-3)11-17(10-15)31-4)22(29)26-12-14-6-7-18(32-5)19(8-14)33-23(24)25/h6-11,13,20,23H,12H2,1-5H3,(H,26,29)(H,27,28). The number of carbonyl (C=O) groups is 2. The highest BCUT2D eigenvalue weighted by Crippen LogP contribution is 2.29. The molecule has 0 bridgehead atoms. The molecule has 180 valence electrons. The van der Waals surface area contributed by atoms with Gasteiger partial charge in [-0.05, 0) is 35.7 Å². The van der Waals surface area contributed by atoms with Crippen LogP contribution in [0, 0.1) is 5.92 Å². The molecule has 1 atom stereocenters. The van der Waals surface area contributed by atoms with Crippen molar-refractivity contribution >= 4 is 11.8 Å². The molecular formula is C23H28F2N2O6. The van der Waals surface area contributed by atoms with Crippen LogP contribution in [-0.4, -0.2) is 45.8 Å². The average molecular weight is 466 g/mol. The van der Waals surface area contributed by atoms with Gasteiger partial charge in [0.2, 0.25) is 5.91 Å². The second kappa shape index (κ2) is 11.9. The zero-order valence-corrected chi connectivity index (χ0v) is 19.1. The van der Waals surface area contributed by atoms with Gasteiger partial charge in [-0.25, -0.2) is 0 Å². The zero-order chi connectivity index (χ0) is 24.5. The van der Waals surface area contributed by atoms with Crippen molar-refractivity contribution < 1.29 is 37.3 Å². The minimum absolute atomic E-state index is 0.0362. The second-order valence-electron chi connectivity index (χ2n) is 7.38. The van der Waals surface area contributed by atoms with Crippen LogP contribution in [0.5, 0.6) is 23.0 Å². The van der Waals surface area contributed by atoms with E-state index < -0.39 is 24.5 Å². The van der Waals surface area contributed by atoms with Gasteiger partial charge in [-0.1, -0.05) is 19.9 Å². The predicted molar refractivity (Wildman–Crippen MR) is 117 cm³/mol. The lowest BCUT2D eigenvalue weighted by molar-refractivity contribution is -0.124. The van der Waals surface area contributed by atoms with Gasteiger partial charge in [0.05, 0.1) is 21.3 Å². The maximum Gasteiger partial charge on any atom is 0.387 e. The number of amides is 2. The van der Waals surface area contributed by atoms with Crippen molar-refractivity contribution in [1.82, 2.24) is 10.6 Å². The van der Waals surface area contributed by atoms with Crippen LogP contribution < -0.4 is 29.6 Å². The molecule has 0 spiro atoms. The molecule has 0 aliphatic carbocycles. The first kappa shape index (κ1) is 25.7. The molecule has 0 radical (unpaired) electrons. The number of hydrogen-bond acceptors (Lipinski definition) is 6. The number of benzene rings is 2. The third kappa shape index (κ3) is 7.23. The molecule has 2 aromatic rings. The molecule has 0 aromatic heterocycles. The molecular weight excluding hydrogens is 438 g/mol. The Balaban J connectivity index is 2.11. The fraction of sp³-hybridized carbons (Fsp3) is 0.391. The average Bonchev–Trinajstić information content (AvgIpc) is 2.79. The van der Waals surface area contributed by atoms with Crippen LogP contribution in [0.25, 0.3) is 0 Å².